The third-order valence-electron chi connectivity index (χ3n) is 8.03. The van der Waals surface area contributed by atoms with Gasteiger partial charge >= 0.3 is 0 Å². The fourth-order valence-electron chi connectivity index (χ4n) is 6.07. The molecule has 0 saturated heterocycles. The summed E-state index contributed by atoms with van der Waals surface area (Å²) in [5, 5.41) is 5.86. The van der Waals surface area contributed by atoms with Crippen LogP contribution in [0.5, 0.6) is 0 Å². The van der Waals surface area contributed by atoms with E-state index < -0.39 is 0 Å². The normalized spacial score (nSPS) is 15.7. The number of H-pyrrole nitrogens is 1. The molecule has 3 aromatic heterocycles. The first-order chi connectivity index (χ1) is 20.6. The summed E-state index contributed by atoms with van der Waals surface area (Å²) in [7, 11) is 0. The van der Waals surface area contributed by atoms with Gasteiger partial charge in [0.05, 0.1) is 12.0 Å². The highest BCUT2D eigenvalue weighted by Crippen LogP contribution is 2.40. The number of aromatic amines is 1. The van der Waals surface area contributed by atoms with E-state index in [1.807, 2.05) is 60.7 Å². The summed E-state index contributed by atoms with van der Waals surface area (Å²) in [6.07, 6.45) is 14.2. The van der Waals surface area contributed by atoms with Gasteiger partial charge in [0.2, 0.25) is 5.91 Å². The van der Waals surface area contributed by atoms with Gasteiger partial charge in [-0.1, -0.05) is 24.3 Å². The zero-order valence-electron chi connectivity index (χ0n) is 23.0. The molecule has 0 spiro atoms. The molecule has 0 atom stereocenters. The Morgan fingerprint density at radius 2 is 1.38 bits per heavy atom. The first-order valence-corrected chi connectivity index (χ1v) is 14.2. The molecule has 3 aliphatic rings. The van der Waals surface area contributed by atoms with Gasteiger partial charge in [-0.25, -0.2) is 0 Å². The van der Waals surface area contributed by atoms with Gasteiger partial charge in [0, 0.05) is 53.1 Å². The minimum atomic E-state index is -0.0471. The lowest BCUT2D eigenvalue weighted by Crippen LogP contribution is -2.03. The van der Waals surface area contributed by atoms with E-state index in [9.17, 15) is 9.59 Å². The van der Waals surface area contributed by atoms with E-state index in [-0.39, 0.29) is 11.8 Å². The maximum atomic E-state index is 12.7. The van der Waals surface area contributed by atoms with Gasteiger partial charge < -0.3 is 15.6 Å². The highest BCUT2D eigenvalue weighted by atomic mass is 16.2. The zero-order valence-corrected chi connectivity index (χ0v) is 23.0. The number of hydrogen-bond acceptors (Lipinski definition) is 4. The minimum Gasteiger partial charge on any atom is -0.359 e. The van der Waals surface area contributed by atoms with Crippen molar-refractivity contribution in [3.63, 3.8) is 0 Å². The maximum absolute atomic E-state index is 12.7. The molecule has 3 N–H and O–H groups in total. The van der Waals surface area contributed by atoms with Gasteiger partial charge in [0.15, 0.2) is 0 Å². The number of rotatable bonds is 3. The topological polar surface area (TPSA) is 99.8 Å². The predicted molar refractivity (Wildman–Crippen MR) is 166 cm³/mol. The first kappa shape index (κ1) is 25.7. The highest BCUT2D eigenvalue weighted by molar-refractivity contribution is 6.36. The third kappa shape index (κ3) is 4.90. The second kappa shape index (κ2) is 10.9. The summed E-state index contributed by atoms with van der Waals surface area (Å²) in [6.45, 7) is 0. The van der Waals surface area contributed by atoms with Gasteiger partial charge in [-0.3, -0.25) is 19.6 Å². The van der Waals surface area contributed by atoms with Crippen LogP contribution >= 0.6 is 0 Å². The number of aromatic nitrogens is 3. The molecular formula is C35H29N5O2. The van der Waals surface area contributed by atoms with E-state index in [4.69, 9.17) is 0 Å². The van der Waals surface area contributed by atoms with Crippen molar-refractivity contribution in [3.8, 4) is 22.3 Å². The molecule has 206 valence electrons. The Hall–Kier alpha value is -5.30. The summed E-state index contributed by atoms with van der Waals surface area (Å²) in [5.74, 6) is 0.0191. The van der Waals surface area contributed by atoms with Crippen LogP contribution in [0, 0.1) is 0 Å². The number of pyridine rings is 2. The van der Waals surface area contributed by atoms with Gasteiger partial charge in [0.25, 0.3) is 5.91 Å². The zero-order chi connectivity index (χ0) is 28.5. The molecule has 0 unspecified atom stereocenters. The second-order valence-electron chi connectivity index (χ2n) is 10.7. The molecule has 0 fully saturated rings. The Labute approximate surface area is 243 Å². The van der Waals surface area contributed by atoms with Crippen molar-refractivity contribution in [1.82, 2.24) is 15.0 Å². The highest BCUT2D eigenvalue weighted by Gasteiger charge is 2.27. The number of carbonyl (C=O) groups excluding carboxylic acids is 2. The van der Waals surface area contributed by atoms with E-state index in [1.165, 1.54) is 24.1 Å². The molecule has 2 amide bonds. The van der Waals surface area contributed by atoms with Gasteiger partial charge in [0.1, 0.15) is 0 Å². The maximum Gasteiger partial charge on any atom is 0.256 e. The van der Waals surface area contributed by atoms with Crippen LogP contribution in [0.3, 0.4) is 0 Å². The van der Waals surface area contributed by atoms with Crippen molar-refractivity contribution in [2.24, 2.45) is 0 Å². The van der Waals surface area contributed by atoms with Crippen LogP contribution in [0.25, 0.3) is 33.9 Å². The number of carbonyl (C=O) groups is 2. The quantitative estimate of drug-likeness (QED) is 0.218. The van der Waals surface area contributed by atoms with Crippen molar-refractivity contribution in [3.05, 3.63) is 120 Å². The summed E-state index contributed by atoms with van der Waals surface area (Å²) in [4.78, 5) is 35.6. The van der Waals surface area contributed by atoms with Gasteiger partial charge in [-0.15, -0.1) is 0 Å². The summed E-state index contributed by atoms with van der Waals surface area (Å²) in [5.41, 5.74) is 12.6. The minimum absolute atomic E-state index is 0.0471. The SMILES string of the molecule is O=C1Cc2c(cccc2-c2ccncc2)N1.O=C1Nc2cccc(-c3ccncc3)c2C1=Cc1cc2c([nH]1)CCCC2. The standard InChI is InChI=1S/C22H19N3O.C13H10N2O/c26-22-18(13-16-12-15-4-1-2-6-19(15)24-16)21-17(5-3-7-20(21)25-22)14-8-10-23-11-9-14;16-13-8-11-10(2-1-3-12(11)15-13)9-4-6-14-7-5-9/h3,5,7-13,24H,1-2,4,6H2,(H,25,26);1-7H,8H2,(H,15,16). The van der Waals surface area contributed by atoms with E-state index in [1.54, 1.807) is 24.8 Å². The van der Waals surface area contributed by atoms with E-state index in [0.717, 1.165) is 63.3 Å². The van der Waals surface area contributed by atoms with Crippen LogP contribution in [0.1, 0.15) is 40.9 Å². The average Bonchev–Trinajstić information content (AvgIpc) is 3.72. The Morgan fingerprint density at radius 1 is 0.714 bits per heavy atom. The molecule has 5 aromatic rings. The smallest absolute Gasteiger partial charge is 0.256 e. The van der Waals surface area contributed by atoms with Gasteiger partial charge in [-0.05, 0) is 108 Å². The van der Waals surface area contributed by atoms with Crippen molar-refractivity contribution < 1.29 is 9.59 Å². The number of amides is 2. The van der Waals surface area contributed by atoms with E-state index in [0.29, 0.717) is 12.0 Å². The van der Waals surface area contributed by atoms with Crippen LogP contribution in [0.15, 0.2) is 91.5 Å². The Bertz CT molecular complexity index is 1820. The molecule has 0 radical (unpaired) electrons. The number of benzene rings is 2. The number of aryl methyl sites for hydroxylation is 2. The second-order valence-corrected chi connectivity index (χ2v) is 10.7. The lowest BCUT2D eigenvalue weighted by Gasteiger charge is -2.09. The monoisotopic (exact) mass is 551 g/mol. The van der Waals surface area contributed by atoms with Crippen LogP contribution < -0.4 is 10.6 Å². The molecule has 2 aliphatic heterocycles. The van der Waals surface area contributed by atoms with Crippen molar-refractivity contribution in [2.75, 3.05) is 10.6 Å². The molecule has 8 rings (SSSR count). The number of anilines is 2. The first-order valence-electron chi connectivity index (χ1n) is 14.2. The van der Waals surface area contributed by atoms with Crippen LogP contribution in [0.4, 0.5) is 11.4 Å². The lowest BCUT2D eigenvalue weighted by atomic mass is 9.95. The van der Waals surface area contributed by atoms with E-state index >= 15 is 0 Å². The molecule has 0 saturated carbocycles. The van der Waals surface area contributed by atoms with Gasteiger partial charge in [-0.2, -0.15) is 0 Å². The molecule has 5 heterocycles. The molecule has 42 heavy (non-hydrogen) atoms. The third-order valence-corrected chi connectivity index (χ3v) is 8.03. The Balaban J connectivity index is 0.000000154. The van der Waals surface area contributed by atoms with Crippen LogP contribution in [-0.2, 0) is 28.9 Å². The molecular weight excluding hydrogens is 522 g/mol. The van der Waals surface area contributed by atoms with Crippen molar-refractivity contribution in [1.29, 1.82) is 0 Å². The number of hydrogen-bond donors (Lipinski definition) is 3. The van der Waals surface area contributed by atoms with Crippen LogP contribution in [0.2, 0.25) is 0 Å². The van der Waals surface area contributed by atoms with E-state index in [2.05, 4.69) is 37.7 Å². The van der Waals surface area contributed by atoms with Crippen molar-refractivity contribution in [2.45, 2.75) is 32.1 Å². The molecule has 2 aromatic carbocycles. The molecule has 7 heteroatoms. The number of nitrogens with zero attached hydrogens (tertiary/aromatic N) is 2. The molecule has 1 aliphatic carbocycles. The average molecular weight is 552 g/mol. The molecule has 0 bridgehead atoms. The predicted octanol–water partition coefficient (Wildman–Crippen LogP) is 6.69. The summed E-state index contributed by atoms with van der Waals surface area (Å²) < 4.78 is 0. The fourth-order valence-corrected chi connectivity index (χ4v) is 6.07. The number of nitrogens with one attached hydrogen (secondary N) is 3. The lowest BCUT2D eigenvalue weighted by molar-refractivity contribution is -0.115. The summed E-state index contributed by atoms with van der Waals surface area (Å²) in [6, 6.07) is 22.0. The number of fused-ring (bicyclic) bond motifs is 3. The van der Waals surface area contributed by atoms with Crippen molar-refractivity contribution >= 4 is 34.8 Å². The Kier molecular flexibility index (Phi) is 6.68. The molecule has 7 nitrogen and oxygen atoms in total. The fraction of sp³-hybridized carbons (Fsp3) is 0.143. The van der Waals surface area contributed by atoms with Crippen LogP contribution in [-0.4, -0.2) is 26.8 Å². The largest absolute Gasteiger partial charge is 0.359 e. The summed E-state index contributed by atoms with van der Waals surface area (Å²) >= 11 is 0. The Morgan fingerprint density at radius 3 is 2.12 bits per heavy atom.